The predicted octanol–water partition coefficient (Wildman–Crippen LogP) is 5.51. The van der Waals surface area contributed by atoms with Crippen LogP contribution in [-0.4, -0.2) is 85.6 Å². The van der Waals surface area contributed by atoms with E-state index in [4.69, 9.17) is 18.8 Å². The Hall–Kier alpha value is -5.35. The van der Waals surface area contributed by atoms with Gasteiger partial charge in [-0.2, -0.15) is 5.26 Å². The van der Waals surface area contributed by atoms with Gasteiger partial charge in [-0.15, -0.1) is 0 Å². The number of aliphatic hydroxyl groups is 1. The quantitative estimate of drug-likeness (QED) is 0.210. The van der Waals surface area contributed by atoms with Crippen LogP contribution in [0, 0.1) is 31.1 Å². The molecule has 52 heavy (non-hydrogen) atoms. The summed E-state index contributed by atoms with van der Waals surface area (Å²) in [7, 11) is 0. The number of nitriles is 1. The van der Waals surface area contributed by atoms with Gasteiger partial charge in [0.25, 0.3) is 0 Å². The molecule has 1 amide bonds. The maximum Gasteiger partial charge on any atom is 0.307 e. The van der Waals surface area contributed by atoms with Gasteiger partial charge in [0.15, 0.2) is 5.58 Å². The summed E-state index contributed by atoms with van der Waals surface area (Å²) in [6.07, 6.45) is 1.73. The Kier molecular flexibility index (Phi) is 8.87. The number of likely N-dealkylation sites (tertiary alicyclic amines) is 2. The van der Waals surface area contributed by atoms with Gasteiger partial charge >= 0.3 is 5.97 Å². The second-order valence-corrected chi connectivity index (χ2v) is 14.3. The van der Waals surface area contributed by atoms with Crippen LogP contribution < -0.4 is 0 Å². The first-order valence-corrected chi connectivity index (χ1v) is 17.8. The number of rotatable bonds is 8. The molecule has 12 nitrogen and oxygen atoms in total. The van der Waals surface area contributed by atoms with Crippen LogP contribution in [0.25, 0.3) is 45.1 Å². The standard InChI is InChI=1S/C40H40N6O6/c1-23-29(5-3-7-31(23)38-43-34-20-46(21-35(34)51-38)36(48)22-44-13-10-28(47)11-14-44)30-6-4-8-32(24(30)2)39-42-33-16-25(15-27(17-41)37(33)52-39)18-45-12-9-26(19-45)40(49)50/h3-8,15-16,26,28,47H,9-14,18-22H2,1-2H3,(H,49,50). The Bertz CT molecular complexity index is 2220. The number of piperidine rings is 1. The number of nitrogens with zero attached hydrogens (tertiary/aromatic N) is 6. The highest BCUT2D eigenvalue weighted by Crippen LogP contribution is 2.39. The van der Waals surface area contributed by atoms with Crippen LogP contribution in [-0.2, 0) is 29.2 Å². The van der Waals surface area contributed by atoms with Gasteiger partial charge in [0.2, 0.25) is 17.7 Å². The highest BCUT2D eigenvalue weighted by molar-refractivity contribution is 5.85. The molecule has 3 aliphatic rings. The number of hydrogen-bond acceptors (Lipinski definition) is 10. The van der Waals surface area contributed by atoms with E-state index in [0.717, 1.165) is 57.7 Å². The Morgan fingerprint density at radius 1 is 0.885 bits per heavy atom. The predicted molar refractivity (Wildman–Crippen MR) is 192 cm³/mol. The molecule has 0 saturated carbocycles. The zero-order chi connectivity index (χ0) is 36.1. The van der Waals surface area contributed by atoms with Gasteiger partial charge in [0, 0.05) is 37.3 Å². The lowest BCUT2D eigenvalue weighted by Crippen LogP contribution is -2.42. The van der Waals surface area contributed by atoms with Crippen molar-refractivity contribution in [3.63, 3.8) is 0 Å². The lowest BCUT2D eigenvalue weighted by molar-refractivity contribution is -0.141. The number of carbonyl (C=O) groups is 2. The molecule has 1 unspecified atom stereocenters. The normalized spacial score (nSPS) is 18.3. The molecular weight excluding hydrogens is 660 g/mol. The molecule has 3 aliphatic heterocycles. The summed E-state index contributed by atoms with van der Waals surface area (Å²) >= 11 is 0. The Balaban J connectivity index is 1.02. The molecule has 12 heteroatoms. The van der Waals surface area contributed by atoms with Gasteiger partial charge in [-0.1, -0.05) is 24.3 Å². The highest BCUT2D eigenvalue weighted by atomic mass is 16.4. The van der Waals surface area contributed by atoms with E-state index in [9.17, 15) is 25.1 Å². The van der Waals surface area contributed by atoms with Crippen LogP contribution >= 0.6 is 0 Å². The SMILES string of the molecule is Cc1c(-c2nc3c(o2)CN(C(=O)CN2CCC(O)CC2)C3)cccc1-c1cccc(-c2nc3cc(CN4CCC(C(=O)O)C4)cc(C#N)c3o2)c1C. The molecule has 2 aromatic heterocycles. The van der Waals surface area contributed by atoms with Crippen LogP contribution in [0.4, 0.5) is 0 Å². The summed E-state index contributed by atoms with van der Waals surface area (Å²) in [5.41, 5.74) is 8.76. The van der Waals surface area contributed by atoms with Crippen LogP contribution in [0.1, 0.15) is 53.0 Å². The van der Waals surface area contributed by atoms with Gasteiger partial charge in [0.1, 0.15) is 23.0 Å². The third-order valence-corrected chi connectivity index (χ3v) is 10.8. The van der Waals surface area contributed by atoms with Crippen LogP contribution in [0.15, 0.2) is 57.4 Å². The summed E-state index contributed by atoms with van der Waals surface area (Å²) < 4.78 is 12.5. The maximum atomic E-state index is 13.0. The number of carboxylic acid groups (broad SMARTS) is 1. The fourth-order valence-electron chi connectivity index (χ4n) is 7.84. The average Bonchev–Trinajstić information content (AvgIpc) is 3.93. The van der Waals surface area contributed by atoms with Crippen molar-refractivity contribution in [3.05, 3.63) is 82.2 Å². The van der Waals surface area contributed by atoms with E-state index >= 15 is 0 Å². The van der Waals surface area contributed by atoms with Crippen molar-refractivity contribution in [2.75, 3.05) is 32.7 Å². The smallest absolute Gasteiger partial charge is 0.307 e. The number of aromatic nitrogens is 2. The Morgan fingerprint density at radius 2 is 1.54 bits per heavy atom. The monoisotopic (exact) mass is 700 g/mol. The van der Waals surface area contributed by atoms with Crippen LogP contribution in [0.5, 0.6) is 0 Å². The molecule has 3 aromatic carbocycles. The molecule has 0 aliphatic carbocycles. The molecule has 5 aromatic rings. The number of aliphatic carboxylic acids is 1. The van der Waals surface area contributed by atoms with Crippen molar-refractivity contribution >= 4 is 23.0 Å². The molecule has 8 rings (SSSR count). The third-order valence-electron chi connectivity index (χ3n) is 10.8. The number of benzene rings is 3. The van der Waals surface area contributed by atoms with Crippen LogP contribution in [0.2, 0.25) is 0 Å². The first-order chi connectivity index (χ1) is 25.1. The molecule has 266 valence electrons. The van der Waals surface area contributed by atoms with Crippen molar-refractivity contribution in [2.45, 2.75) is 58.8 Å². The van der Waals surface area contributed by atoms with Crippen molar-refractivity contribution < 1.29 is 28.6 Å². The van der Waals surface area contributed by atoms with Crippen molar-refractivity contribution in [1.82, 2.24) is 24.7 Å². The fraction of sp³-hybridized carbons (Fsp3) is 0.375. The molecule has 0 radical (unpaired) electrons. The van der Waals surface area contributed by atoms with Crippen LogP contribution in [0.3, 0.4) is 0 Å². The van der Waals surface area contributed by atoms with Gasteiger partial charge < -0.3 is 23.9 Å². The number of carbonyl (C=O) groups excluding carboxylic acids is 1. The molecule has 0 spiro atoms. The number of hydrogen-bond donors (Lipinski definition) is 2. The van der Waals surface area contributed by atoms with E-state index < -0.39 is 5.97 Å². The number of carboxylic acids is 1. The summed E-state index contributed by atoms with van der Waals surface area (Å²) in [5.74, 6) is 0.558. The van der Waals surface area contributed by atoms with Gasteiger partial charge in [0.05, 0.1) is 37.2 Å². The molecule has 2 N–H and O–H groups in total. The van der Waals surface area contributed by atoms with E-state index in [1.165, 1.54) is 0 Å². The van der Waals surface area contributed by atoms with E-state index in [1.54, 1.807) is 11.0 Å². The van der Waals surface area contributed by atoms with E-state index in [-0.39, 0.29) is 17.9 Å². The van der Waals surface area contributed by atoms with E-state index in [1.807, 2.05) is 37.3 Å². The first-order valence-electron chi connectivity index (χ1n) is 17.8. The number of oxazole rings is 2. The summed E-state index contributed by atoms with van der Waals surface area (Å²) in [4.78, 5) is 40.1. The zero-order valence-electron chi connectivity index (χ0n) is 29.3. The molecule has 5 heterocycles. The lowest BCUT2D eigenvalue weighted by atomic mass is 9.91. The summed E-state index contributed by atoms with van der Waals surface area (Å²) in [6, 6.07) is 18.0. The van der Waals surface area contributed by atoms with E-state index in [0.29, 0.717) is 92.7 Å². The summed E-state index contributed by atoms with van der Waals surface area (Å²) in [6.45, 7) is 8.38. The molecule has 2 fully saturated rings. The largest absolute Gasteiger partial charge is 0.481 e. The van der Waals surface area contributed by atoms with Gasteiger partial charge in [-0.25, -0.2) is 9.97 Å². The fourth-order valence-corrected chi connectivity index (χ4v) is 7.84. The molecule has 0 bridgehead atoms. The topological polar surface area (TPSA) is 160 Å². The summed E-state index contributed by atoms with van der Waals surface area (Å²) in [5, 5.41) is 29.2. The lowest BCUT2D eigenvalue weighted by Gasteiger charge is -2.30. The number of aliphatic hydroxyl groups excluding tert-OH is 1. The number of fused-ring (bicyclic) bond motifs is 2. The minimum atomic E-state index is -0.773. The minimum Gasteiger partial charge on any atom is -0.481 e. The minimum absolute atomic E-state index is 0.0423. The third kappa shape index (κ3) is 6.36. The first kappa shape index (κ1) is 33.8. The van der Waals surface area contributed by atoms with Crippen molar-refractivity contribution in [1.29, 1.82) is 5.26 Å². The molecule has 2 saturated heterocycles. The van der Waals surface area contributed by atoms with Gasteiger partial charge in [-0.3, -0.25) is 19.4 Å². The highest BCUT2D eigenvalue weighted by Gasteiger charge is 2.32. The Morgan fingerprint density at radius 3 is 2.17 bits per heavy atom. The van der Waals surface area contributed by atoms with Gasteiger partial charge in [-0.05, 0) is 91.7 Å². The van der Waals surface area contributed by atoms with Crippen molar-refractivity contribution in [3.8, 4) is 40.1 Å². The zero-order valence-corrected chi connectivity index (χ0v) is 29.3. The molecule has 1 atom stereocenters. The average molecular weight is 701 g/mol. The Labute approximate surface area is 300 Å². The maximum absolute atomic E-state index is 13.0. The second kappa shape index (κ2) is 13.7. The number of amides is 1. The second-order valence-electron chi connectivity index (χ2n) is 14.3. The van der Waals surface area contributed by atoms with E-state index in [2.05, 4.69) is 34.9 Å². The van der Waals surface area contributed by atoms with Crippen molar-refractivity contribution in [2.24, 2.45) is 5.92 Å². The molecular formula is C40H40N6O6.